The van der Waals surface area contributed by atoms with Crippen molar-refractivity contribution >= 4 is 23.1 Å². The van der Waals surface area contributed by atoms with E-state index < -0.39 is 11.7 Å². The highest BCUT2D eigenvalue weighted by molar-refractivity contribution is 6.28. The topological polar surface area (TPSA) is 62.3 Å². The van der Waals surface area contributed by atoms with Crippen molar-refractivity contribution in [2.24, 2.45) is 5.10 Å². The summed E-state index contributed by atoms with van der Waals surface area (Å²) >= 11 is 0. The van der Waals surface area contributed by atoms with E-state index in [1.165, 1.54) is 5.01 Å². The number of hydrazone groups is 1. The van der Waals surface area contributed by atoms with E-state index in [4.69, 9.17) is 4.74 Å². The lowest BCUT2D eigenvalue weighted by atomic mass is 9.94. The minimum absolute atomic E-state index is 0.186. The predicted octanol–water partition coefficient (Wildman–Crippen LogP) is 3.05. The first-order valence-electron chi connectivity index (χ1n) is 8.19. The van der Waals surface area contributed by atoms with Gasteiger partial charge in [0.1, 0.15) is 0 Å². The second-order valence-corrected chi connectivity index (χ2v) is 6.60. The summed E-state index contributed by atoms with van der Waals surface area (Å²) in [4.78, 5) is 25.6. The highest BCUT2D eigenvalue weighted by Crippen LogP contribution is 2.46. The first-order valence-corrected chi connectivity index (χ1v) is 8.19. The molecule has 0 N–H and O–H groups in total. The molecule has 126 valence electrons. The molecule has 4 rings (SSSR count). The number of hydrogen-bond acceptors (Lipinski definition) is 4. The third-order valence-corrected chi connectivity index (χ3v) is 4.77. The Balaban J connectivity index is 1.61. The quantitative estimate of drug-likeness (QED) is 0.640. The third-order valence-electron chi connectivity index (χ3n) is 4.77. The lowest BCUT2D eigenvalue weighted by Gasteiger charge is -2.12. The maximum absolute atomic E-state index is 12.9. The molecule has 2 aromatic rings. The van der Waals surface area contributed by atoms with Gasteiger partial charge < -0.3 is 4.74 Å². The molecule has 1 fully saturated rings. The molecule has 2 atom stereocenters. The summed E-state index contributed by atoms with van der Waals surface area (Å²) in [6.45, 7) is 5.67. The van der Waals surface area contributed by atoms with E-state index in [9.17, 15) is 9.59 Å². The molecule has 2 aromatic carbocycles. The number of amides is 1. The van der Waals surface area contributed by atoms with E-state index in [1.807, 2.05) is 50.2 Å². The van der Waals surface area contributed by atoms with Gasteiger partial charge in [-0.05, 0) is 32.9 Å². The monoisotopic (exact) mass is 334 g/mol. The van der Waals surface area contributed by atoms with E-state index in [1.54, 1.807) is 19.1 Å². The van der Waals surface area contributed by atoms with E-state index in [0.717, 1.165) is 11.1 Å². The highest BCUT2D eigenvalue weighted by atomic mass is 16.6. The van der Waals surface area contributed by atoms with Crippen molar-refractivity contribution in [1.82, 2.24) is 0 Å². The normalized spacial score (nSPS) is 24.6. The van der Waals surface area contributed by atoms with Crippen molar-refractivity contribution in [2.45, 2.75) is 32.5 Å². The lowest BCUT2D eigenvalue weighted by molar-refractivity contribution is -0.120. The number of benzene rings is 2. The molecule has 0 bridgehead atoms. The Bertz CT molecular complexity index is 900. The van der Waals surface area contributed by atoms with E-state index in [-0.39, 0.29) is 11.7 Å². The molecule has 0 radical (unpaired) electrons. The second-order valence-electron chi connectivity index (χ2n) is 6.60. The molecule has 0 aromatic heterocycles. The van der Waals surface area contributed by atoms with Gasteiger partial charge in [-0.25, -0.2) is 0 Å². The van der Waals surface area contributed by atoms with Crippen LogP contribution < -0.4 is 5.01 Å². The molecular weight excluding hydrogens is 316 g/mol. The van der Waals surface area contributed by atoms with Crippen molar-refractivity contribution in [3.8, 4) is 0 Å². The van der Waals surface area contributed by atoms with Gasteiger partial charge in [-0.15, -0.1) is 0 Å². The number of epoxide rings is 1. The molecule has 25 heavy (non-hydrogen) atoms. The van der Waals surface area contributed by atoms with Crippen molar-refractivity contribution in [3.05, 3.63) is 65.2 Å². The number of rotatable bonds is 3. The number of nitrogens with zero attached hydrogens (tertiary/aromatic N) is 2. The molecule has 1 saturated heterocycles. The van der Waals surface area contributed by atoms with E-state index >= 15 is 0 Å². The molecule has 1 spiro atoms. The molecule has 0 saturated carbocycles. The van der Waals surface area contributed by atoms with Crippen LogP contribution in [0.2, 0.25) is 0 Å². The van der Waals surface area contributed by atoms with Crippen LogP contribution in [0.5, 0.6) is 0 Å². The summed E-state index contributed by atoms with van der Waals surface area (Å²) in [5.41, 5.74) is 2.66. The van der Waals surface area contributed by atoms with Gasteiger partial charge in [0.25, 0.3) is 5.91 Å². The van der Waals surface area contributed by atoms with Crippen LogP contribution in [-0.4, -0.2) is 29.1 Å². The van der Waals surface area contributed by atoms with Crippen LogP contribution in [-0.2, 0) is 9.53 Å². The van der Waals surface area contributed by atoms with Crippen LogP contribution in [0.15, 0.2) is 53.6 Å². The van der Waals surface area contributed by atoms with Crippen LogP contribution in [0.3, 0.4) is 0 Å². The SMILES string of the molecule is CC1=NN(c2ccc(C)cc2)C(=O)C12OC2C(=O)c1ccc(C)cc1. The molecule has 1 amide bonds. The van der Waals surface area contributed by atoms with Crippen LogP contribution in [0.4, 0.5) is 5.69 Å². The summed E-state index contributed by atoms with van der Waals surface area (Å²) < 4.78 is 5.64. The van der Waals surface area contributed by atoms with Crippen molar-refractivity contribution in [3.63, 3.8) is 0 Å². The smallest absolute Gasteiger partial charge is 0.288 e. The molecular formula is C20H18N2O3. The molecule has 2 aliphatic heterocycles. The highest BCUT2D eigenvalue weighted by Gasteiger charge is 2.72. The average Bonchev–Trinajstić information content (AvgIpc) is 3.31. The number of ketones is 1. The molecule has 2 unspecified atom stereocenters. The van der Waals surface area contributed by atoms with Gasteiger partial charge in [-0.1, -0.05) is 47.5 Å². The number of aryl methyl sites for hydroxylation is 2. The zero-order valence-corrected chi connectivity index (χ0v) is 14.3. The van der Waals surface area contributed by atoms with E-state index in [2.05, 4.69) is 5.10 Å². The molecule has 2 heterocycles. The van der Waals surface area contributed by atoms with Crippen molar-refractivity contribution in [2.75, 3.05) is 5.01 Å². The molecule has 0 aliphatic carbocycles. The fourth-order valence-electron chi connectivity index (χ4n) is 3.14. The fraction of sp³-hybridized carbons (Fsp3) is 0.250. The number of carbonyl (C=O) groups excluding carboxylic acids is 2. The maximum Gasteiger partial charge on any atom is 0.288 e. The Morgan fingerprint density at radius 2 is 1.56 bits per heavy atom. The standard InChI is InChI=1S/C20H18N2O3/c1-12-4-8-15(9-5-12)17(23)18-20(25-18)14(3)21-22(19(20)24)16-10-6-13(2)7-11-16/h4-11,18H,1-3H3. The summed E-state index contributed by atoms with van der Waals surface area (Å²) in [5.74, 6) is -0.493. The Morgan fingerprint density at radius 3 is 2.16 bits per heavy atom. The lowest BCUT2D eigenvalue weighted by Crippen LogP contribution is -2.38. The maximum atomic E-state index is 12.9. The summed E-state index contributed by atoms with van der Waals surface area (Å²) in [6, 6.07) is 14.8. The molecule has 2 aliphatic rings. The number of ether oxygens (including phenoxy) is 1. The summed E-state index contributed by atoms with van der Waals surface area (Å²) in [7, 11) is 0. The first kappa shape index (κ1) is 15.7. The van der Waals surface area contributed by atoms with Gasteiger partial charge in [0.05, 0.1) is 11.4 Å². The number of anilines is 1. The summed E-state index contributed by atoms with van der Waals surface area (Å²) in [6.07, 6.45) is -0.804. The van der Waals surface area contributed by atoms with Crippen molar-refractivity contribution < 1.29 is 14.3 Å². The van der Waals surface area contributed by atoms with Gasteiger partial charge >= 0.3 is 0 Å². The van der Waals surface area contributed by atoms with Crippen LogP contribution >= 0.6 is 0 Å². The van der Waals surface area contributed by atoms with Gasteiger partial charge in [-0.3, -0.25) is 9.59 Å². The zero-order chi connectivity index (χ0) is 17.8. The minimum atomic E-state index is -1.24. The largest absolute Gasteiger partial charge is 0.341 e. The van der Waals surface area contributed by atoms with E-state index in [0.29, 0.717) is 17.0 Å². The Labute approximate surface area is 145 Å². The third kappa shape index (κ3) is 2.31. The molecule has 5 heteroatoms. The Kier molecular flexibility index (Phi) is 3.37. The fourth-order valence-corrected chi connectivity index (χ4v) is 3.14. The van der Waals surface area contributed by atoms with Gasteiger partial charge in [-0.2, -0.15) is 10.1 Å². The Hall–Kier alpha value is -2.79. The van der Waals surface area contributed by atoms with Crippen LogP contribution in [0.25, 0.3) is 0 Å². The number of carbonyl (C=O) groups is 2. The van der Waals surface area contributed by atoms with Gasteiger partial charge in [0.15, 0.2) is 11.9 Å². The first-order chi connectivity index (χ1) is 11.9. The number of hydrogen-bond donors (Lipinski definition) is 0. The van der Waals surface area contributed by atoms with Crippen LogP contribution in [0, 0.1) is 13.8 Å². The second kappa shape index (κ2) is 5.36. The Morgan fingerprint density at radius 1 is 1.00 bits per heavy atom. The average molecular weight is 334 g/mol. The number of Topliss-reactive ketones (excluding diaryl/α,β-unsaturated/α-hetero) is 1. The van der Waals surface area contributed by atoms with Gasteiger partial charge in [0, 0.05) is 5.56 Å². The van der Waals surface area contributed by atoms with Crippen LogP contribution in [0.1, 0.15) is 28.4 Å². The zero-order valence-electron chi connectivity index (χ0n) is 14.3. The molecule has 5 nitrogen and oxygen atoms in total. The van der Waals surface area contributed by atoms with Gasteiger partial charge in [0.2, 0.25) is 5.60 Å². The minimum Gasteiger partial charge on any atom is -0.341 e. The summed E-state index contributed by atoms with van der Waals surface area (Å²) in [5, 5.41) is 5.68. The van der Waals surface area contributed by atoms with Crippen molar-refractivity contribution in [1.29, 1.82) is 0 Å². The predicted molar refractivity (Wildman–Crippen MR) is 94.9 cm³/mol.